The van der Waals surface area contributed by atoms with Crippen LogP contribution < -0.4 is 0 Å². The maximum absolute atomic E-state index is 11.8. The molecule has 0 bridgehead atoms. The summed E-state index contributed by atoms with van der Waals surface area (Å²) in [5.41, 5.74) is 3.95. The second kappa shape index (κ2) is 7.16. The Morgan fingerprint density at radius 2 is 1.71 bits per heavy atom. The first-order chi connectivity index (χ1) is 9.77. The van der Waals surface area contributed by atoms with Gasteiger partial charge in [0.2, 0.25) is 0 Å². The predicted octanol–water partition coefficient (Wildman–Crippen LogP) is 4.51. The number of aldehydes is 1. The van der Waals surface area contributed by atoms with E-state index in [1.807, 2.05) is 51.2 Å². The second-order valence-electron chi connectivity index (χ2n) is 6.17. The standard InChI is InChI=1S/C19H24O2/c1-14(7-6-8-15(2)11-12-20)9-10-17-16(3)18(21)13-19(17,4)5/h6-12H,13H2,1-5H3/b8-6+,10-9+,14-7+,15-11+. The van der Waals surface area contributed by atoms with Gasteiger partial charge in [0.25, 0.3) is 0 Å². The van der Waals surface area contributed by atoms with Gasteiger partial charge in [0.15, 0.2) is 5.78 Å². The van der Waals surface area contributed by atoms with Gasteiger partial charge >= 0.3 is 0 Å². The molecule has 0 heterocycles. The van der Waals surface area contributed by atoms with Gasteiger partial charge in [-0.25, -0.2) is 0 Å². The fraction of sp³-hybridized carbons (Fsp3) is 0.368. The van der Waals surface area contributed by atoms with Crippen LogP contribution in [0, 0.1) is 5.41 Å². The first-order valence-electron chi connectivity index (χ1n) is 7.17. The Labute approximate surface area is 127 Å². The third-order valence-corrected chi connectivity index (χ3v) is 3.72. The summed E-state index contributed by atoms with van der Waals surface area (Å²) < 4.78 is 0. The number of rotatable bonds is 5. The maximum atomic E-state index is 11.8. The maximum Gasteiger partial charge on any atom is 0.159 e. The Bertz CT molecular complexity index is 579. The van der Waals surface area contributed by atoms with Crippen LogP contribution in [0.5, 0.6) is 0 Å². The van der Waals surface area contributed by atoms with E-state index in [2.05, 4.69) is 13.8 Å². The third-order valence-electron chi connectivity index (χ3n) is 3.72. The Hall–Kier alpha value is -1.96. The monoisotopic (exact) mass is 284 g/mol. The van der Waals surface area contributed by atoms with Crippen LogP contribution in [-0.4, -0.2) is 12.1 Å². The topological polar surface area (TPSA) is 34.1 Å². The molecule has 0 fully saturated rings. The van der Waals surface area contributed by atoms with Crippen LogP contribution >= 0.6 is 0 Å². The summed E-state index contributed by atoms with van der Waals surface area (Å²) in [5.74, 6) is 0.246. The highest BCUT2D eigenvalue weighted by Gasteiger charge is 2.34. The molecule has 1 rings (SSSR count). The summed E-state index contributed by atoms with van der Waals surface area (Å²) in [4.78, 5) is 22.1. The molecule has 0 radical (unpaired) electrons. The molecule has 112 valence electrons. The van der Waals surface area contributed by atoms with Gasteiger partial charge in [-0.15, -0.1) is 0 Å². The highest BCUT2D eigenvalue weighted by Crippen LogP contribution is 2.40. The largest absolute Gasteiger partial charge is 0.299 e. The number of hydrogen-bond acceptors (Lipinski definition) is 2. The van der Waals surface area contributed by atoms with Gasteiger partial charge in [-0.2, -0.15) is 0 Å². The molecule has 0 aromatic carbocycles. The minimum atomic E-state index is -0.0723. The molecule has 0 amide bonds. The zero-order valence-corrected chi connectivity index (χ0v) is 13.6. The number of Topliss-reactive ketones (excluding diaryl/α,β-unsaturated/α-hetero) is 1. The lowest BCUT2D eigenvalue weighted by atomic mass is 9.85. The molecule has 0 aromatic rings. The molecule has 0 saturated carbocycles. The molecule has 0 spiro atoms. The van der Waals surface area contributed by atoms with Crippen molar-refractivity contribution in [2.45, 2.75) is 41.0 Å². The van der Waals surface area contributed by atoms with E-state index in [9.17, 15) is 9.59 Å². The fourth-order valence-corrected chi connectivity index (χ4v) is 2.42. The van der Waals surface area contributed by atoms with Crippen molar-refractivity contribution in [2.24, 2.45) is 5.41 Å². The van der Waals surface area contributed by atoms with Crippen molar-refractivity contribution in [3.05, 3.63) is 58.7 Å². The molecule has 1 aliphatic carbocycles. The van der Waals surface area contributed by atoms with Crippen LogP contribution in [0.3, 0.4) is 0 Å². The van der Waals surface area contributed by atoms with E-state index in [0.29, 0.717) is 6.42 Å². The Balaban J connectivity index is 2.83. The molecular weight excluding hydrogens is 260 g/mol. The van der Waals surface area contributed by atoms with E-state index in [0.717, 1.165) is 28.6 Å². The quantitative estimate of drug-likeness (QED) is 0.423. The SMILES string of the molecule is CC1=C(/C=C/C(C)=C/C=C/C(C)=C/C=O)C(C)(C)CC1=O. The van der Waals surface area contributed by atoms with E-state index in [1.165, 1.54) is 6.08 Å². The van der Waals surface area contributed by atoms with E-state index in [4.69, 9.17) is 0 Å². The molecule has 0 N–H and O–H groups in total. The van der Waals surface area contributed by atoms with E-state index in [1.54, 1.807) is 0 Å². The number of carbonyl (C=O) groups is 2. The molecule has 1 aliphatic rings. The van der Waals surface area contributed by atoms with Gasteiger partial charge in [0.05, 0.1) is 0 Å². The molecule has 21 heavy (non-hydrogen) atoms. The molecule has 2 nitrogen and oxygen atoms in total. The molecule has 0 saturated heterocycles. The van der Waals surface area contributed by atoms with Crippen LogP contribution in [0.4, 0.5) is 0 Å². The van der Waals surface area contributed by atoms with Crippen LogP contribution in [0.25, 0.3) is 0 Å². The zero-order chi connectivity index (χ0) is 16.0. The Kier molecular flexibility index (Phi) is 5.83. The highest BCUT2D eigenvalue weighted by atomic mass is 16.1. The minimum Gasteiger partial charge on any atom is -0.299 e. The van der Waals surface area contributed by atoms with Gasteiger partial charge in [-0.3, -0.25) is 9.59 Å². The third kappa shape index (κ3) is 4.82. The first-order valence-corrected chi connectivity index (χ1v) is 7.17. The second-order valence-corrected chi connectivity index (χ2v) is 6.17. The summed E-state index contributed by atoms with van der Waals surface area (Å²) in [5, 5.41) is 0. The molecule has 0 atom stereocenters. The molecular formula is C19H24O2. The zero-order valence-electron chi connectivity index (χ0n) is 13.6. The Morgan fingerprint density at radius 1 is 1.10 bits per heavy atom. The van der Waals surface area contributed by atoms with Gasteiger partial charge in [0, 0.05) is 6.42 Å². The summed E-state index contributed by atoms with van der Waals surface area (Å²) in [6.45, 7) is 10.0. The minimum absolute atomic E-state index is 0.0723. The van der Waals surface area contributed by atoms with Crippen molar-refractivity contribution in [3.8, 4) is 0 Å². The summed E-state index contributed by atoms with van der Waals surface area (Å²) in [7, 11) is 0. The van der Waals surface area contributed by atoms with Gasteiger partial charge in [-0.05, 0) is 49.0 Å². The van der Waals surface area contributed by atoms with Crippen LogP contribution in [-0.2, 0) is 9.59 Å². The van der Waals surface area contributed by atoms with E-state index < -0.39 is 0 Å². The number of allylic oxidation sites excluding steroid dienone is 10. The molecule has 0 unspecified atom stereocenters. The first kappa shape index (κ1) is 17.1. The number of carbonyl (C=O) groups excluding carboxylic acids is 2. The summed E-state index contributed by atoms with van der Waals surface area (Å²) in [6.07, 6.45) is 12.8. The molecule has 2 heteroatoms. The summed E-state index contributed by atoms with van der Waals surface area (Å²) in [6, 6.07) is 0. The number of ketones is 1. The average molecular weight is 284 g/mol. The molecule has 0 aromatic heterocycles. The lowest BCUT2D eigenvalue weighted by Gasteiger charge is -2.19. The van der Waals surface area contributed by atoms with Crippen molar-refractivity contribution in [3.63, 3.8) is 0 Å². The van der Waals surface area contributed by atoms with E-state index >= 15 is 0 Å². The van der Waals surface area contributed by atoms with Crippen molar-refractivity contribution in [1.29, 1.82) is 0 Å². The van der Waals surface area contributed by atoms with E-state index in [-0.39, 0.29) is 11.2 Å². The van der Waals surface area contributed by atoms with Gasteiger partial charge in [-0.1, -0.05) is 49.8 Å². The van der Waals surface area contributed by atoms with Crippen molar-refractivity contribution < 1.29 is 9.59 Å². The van der Waals surface area contributed by atoms with Crippen LogP contribution in [0.15, 0.2) is 58.7 Å². The Morgan fingerprint density at radius 3 is 2.24 bits per heavy atom. The smallest absolute Gasteiger partial charge is 0.159 e. The lowest BCUT2D eigenvalue weighted by molar-refractivity contribution is -0.115. The van der Waals surface area contributed by atoms with Crippen molar-refractivity contribution in [2.75, 3.05) is 0 Å². The fourth-order valence-electron chi connectivity index (χ4n) is 2.42. The highest BCUT2D eigenvalue weighted by molar-refractivity contribution is 6.00. The predicted molar refractivity (Wildman–Crippen MR) is 88.0 cm³/mol. The van der Waals surface area contributed by atoms with Gasteiger partial charge in [0.1, 0.15) is 6.29 Å². The van der Waals surface area contributed by atoms with Crippen LogP contribution in [0.1, 0.15) is 41.0 Å². The van der Waals surface area contributed by atoms with Crippen molar-refractivity contribution >= 4 is 12.1 Å². The summed E-state index contributed by atoms with van der Waals surface area (Å²) >= 11 is 0. The van der Waals surface area contributed by atoms with Crippen molar-refractivity contribution in [1.82, 2.24) is 0 Å². The lowest BCUT2D eigenvalue weighted by Crippen LogP contribution is -2.09. The van der Waals surface area contributed by atoms with Gasteiger partial charge < -0.3 is 0 Å². The van der Waals surface area contributed by atoms with Crippen LogP contribution in [0.2, 0.25) is 0 Å². The normalized spacial score (nSPS) is 20.1. The number of hydrogen-bond donors (Lipinski definition) is 0. The molecule has 0 aliphatic heterocycles. The average Bonchev–Trinajstić information content (AvgIpc) is 2.56.